The molecule has 0 aliphatic carbocycles. The number of carbonyl (C=O) groups excluding carboxylic acids is 1. The van der Waals surface area contributed by atoms with Crippen molar-refractivity contribution in [2.24, 2.45) is 0 Å². The third-order valence-electron chi connectivity index (χ3n) is 2.20. The van der Waals surface area contributed by atoms with Crippen LogP contribution in [0.3, 0.4) is 0 Å². The van der Waals surface area contributed by atoms with Crippen LogP contribution in [-0.4, -0.2) is 35.9 Å². The van der Waals surface area contributed by atoms with Crippen LogP contribution in [0, 0.1) is 0 Å². The third-order valence-corrected chi connectivity index (χ3v) is 2.20. The van der Waals surface area contributed by atoms with Crippen LogP contribution in [0.1, 0.15) is 6.92 Å². The molecule has 1 amide bonds. The molecule has 1 N–H and O–H groups in total. The molecule has 0 heterocycles. The molecular formula is C9H6F11NO. The average Bonchev–Trinajstić information content (AvgIpc) is 2.25. The zero-order valence-corrected chi connectivity index (χ0v) is 10.3. The first-order valence-electron chi connectivity index (χ1n) is 4.89. The Morgan fingerprint density at radius 3 is 1.41 bits per heavy atom. The predicted octanol–water partition coefficient (Wildman–Crippen LogP) is 3.74. The van der Waals surface area contributed by atoms with Crippen LogP contribution in [0.2, 0.25) is 0 Å². The minimum absolute atomic E-state index is 0.0769. The molecule has 0 bridgehead atoms. The summed E-state index contributed by atoms with van der Waals surface area (Å²) in [5, 5.41) is -0.0769. The van der Waals surface area contributed by atoms with E-state index in [0.29, 0.717) is 6.92 Å². The number of hydrogen-bond acceptors (Lipinski definition) is 1. The molecule has 0 aliphatic rings. The minimum Gasteiger partial charge on any atom is -0.288 e. The molecule has 0 aromatic rings. The van der Waals surface area contributed by atoms with Crippen molar-refractivity contribution in [1.82, 2.24) is 5.32 Å². The molecule has 0 radical (unpaired) electrons. The van der Waals surface area contributed by atoms with Gasteiger partial charge in [-0.1, -0.05) is 6.58 Å². The van der Waals surface area contributed by atoms with Crippen LogP contribution in [-0.2, 0) is 4.79 Å². The fourth-order valence-electron chi connectivity index (χ4n) is 0.900. The van der Waals surface area contributed by atoms with E-state index in [9.17, 15) is 53.1 Å². The molecule has 0 fully saturated rings. The summed E-state index contributed by atoms with van der Waals surface area (Å²) in [5.74, 6) is -24.5. The van der Waals surface area contributed by atoms with Gasteiger partial charge in [-0.15, -0.1) is 0 Å². The highest BCUT2D eigenvalue weighted by atomic mass is 19.4. The normalized spacial score (nSPS) is 14.7. The summed E-state index contributed by atoms with van der Waals surface area (Å²) >= 11 is 0. The number of rotatable bonds is 5. The largest absolute Gasteiger partial charge is 0.460 e. The van der Waals surface area contributed by atoms with E-state index in [1.165, 1.54) is 0 Å². The second-order valence-electron chi connectivity index (χ2n) is 4.03. The van der Waals surface area contributed by atoms with E-state index in [2.05, 4.69) is 6.58 Å². The standard InChI is InChI=1S/C9H6F11NO/c1-3(2)4(22)21-9(19,20)7(14,15)5(10,11)6(12,13)8(16,17)18/h1H2,2H3,(H,21,22). The Kier molecular flexibility index (Phi) is 4.89. The van der Waals surface area contributed by atoms with Crippen molar-refractivity contribution >= 4 is 5.91 Å². The van der Waals surface area contributed by atoms with E-state index < -0.39 is 41.5 Å². The van der Waals surface area contributed by atoms with E-state index in [-0.39, 0.29) is 5.32 Å². The molecule has 0 unspecified atom stereocenters. The first kappa shape index (κ1) is 20.4. The molecule has 0 spiro atoms. The van der Waals surface area contributed by atoms with Gasteiger partial charge < -0.3 is 0 Å². The van der Waals surface area contributed by atoms with Crippen LogP contribution in [0.15, 0.2) is 12.2 Å². The lowest BCUT2D eigenvalue weighted by molar-refractivity contribution is -0.424. The number of hydrogen-bond donors (Lipinski definition) is 1. The summed E-state index contributed by atoms with van der Waals surface area (Å²) in [6.45, 7) is 3.32. The molecule has 13 heteroatoms. The molecule has 22 heavy (non-hydrogen) atoms. The van der Waals surface area contributed by atoms with Gasteiger partial charge >= 0.3 is 30.0 Å². The van der Waals surface area contributed by atoms with Crippen LogP contribution >= 0.6 is 0 Å². The second kappa shape index (κ2) is 5.26. The Morgan fingerprint density at radius 1 is 0.773 bits per heavy atom. The first-order chi connectivity index (χ1) is 9.33. The second-order valence-corrected chi connectivity index (χ2v) is 4.03. The van der Waals surface area contributed by atoms with Crippen LogP contribution in [0.5, 0.6) is 0 Å². The predicted molar refractivity (Wildman–Crippen MR) is 48.8 cm³/mol. The molecule has 0 aromatic carbocycles. The first-order valence-corrected chi connectivity index (χ1v) is 4.89. The van der Waals surface area contributed by atoms with Crippen molar-refractivity contribution in [3.05, 3.63) is 12.2 Å². The molecule has 130 valence electrons. The lowest BCUT2D eigenvalue weighted by atomic mass is 10.0. The van der Waals surface area contributed by atoms with Gasteiger partial charge in [-0.05, 0) is 6.92 Å². The van der Waals surface area contributed by atoms with Crippen LogP contribution < -0.4 is 5.32 Å². The Morgan fingerprint density at radius 2 is 1.14 bits per heavy atom. The fourth-order valence-corrected chi connectivity index (χ4v) is 0.900. The molecule has 0 aromatic heterocycles. The van der Waals surface area contributed by atoms with E-state index in [1.54, 1.807) is 0 Å². The Bertz CT molecular complexity index is 465. The number of carbonyl (C=O) groups is 1. The Labute approximate surface area is 115 Å². The average molecular weight is 353 g/mol. The van der Waals surface area contributed by atoms with Crippen molar-refractivity contribution < 1.29 is 53.1 Å². The van der Waals surface area contributed by atoms with Crippen LogP contribution in [0.4, 0.5) is 48.3 Å². The minimum atomic E-state index is -7.55. The number of alkyl halides is 11. The van der Waals surface area contributed by atoms with Gasteiger partial charge in [-0.3, -0.25) is 10.1 Å². The van der Waals surface area contributed by atoms with Gasteiger partial charge in [0, 0.05) is 5.57 Å². The lowest BCUT2D eigenvalue weighted by Crippen LogP contribution is -2.70. The highest BCUT2D eigenvalue weighted by molar-refractivity contribution is 5.92. The van der Waals surface area contributed by atoms with Gasteiger partial charge in [0.15, 0.2) is 0 Å². The summed E-state index contributed by atoms with van der Waals surface area (Å²) in [7, 11) is 0. The van der Waals surface area contributed by atoms with Gasteiger partial charge in [0.2, 0.25) is 0 Å². The SMILES string of the molecule is C=C(C)C(=O)NC(F)(F)C(F)(F)C(F)(F)C(F)(F)C(F)(F)F. The molecule has 2 nitrogen and oxygen atoms in total. The third kappa shape index (κ3) is 2.97. The molecule has 0 atom stereocenters. The van der Waals surface area contributed by atoms with Crippen molar-refractivity contribution in [1.29, 1.82) is 0 Å². The molecule has 0 saturated carbocycles. The van der Waals surface area contributed by atoms with E-state index in [1.807, 2.05) is 0 Å². The van der Waals surface area contributed by atoms with E-state index in [4.69, 9.17) is 0 Å². The topological polar surface area (TPSA) is 29.1 Å². The molecular weight excluding hydrogens is 347 g/mol. The number of halogens is 11. The lowest BCUT2D eigenvalue weighted by Gasteiger charge is -2.37. The van der Waals surface area contributed by atoms with E-state index >= 15 is 0 Å². The van der Waals surface area contributed by atoms with Gasteiger partial charge in [-0.25, -0.2) is 0 Å². The molecule has 0 aliphatic heterocycles. The Balaban J connectivity index is 5.89. The van der Waals surface area contributed by atoms with Crippen LogP contribution in [0.25, 0.3) is 0 Å². The van der Waals surface area contributed by atoms with Crippen molar-refractivity contribution in [3.63, 3.8) is 0 Å². The zero-order valence-electron chi connectivity index (χ0n) is 10.3. The zero-order chi connectivity index (χ0) is 18.4. The highest BCUT2D eigenvalue weighted by Gasteiger charge is 2.87. The fraction of sp³-hybridized carbons (Fsp3) is 0.667. The van der Waals surface area contributed by atoms with Crippen molar-refractivity contribution in [3.8, 4) is 0 Å². The van der Waals surface area contributed by atoms with Gasteiger partial charge in [0.05, 0.1) is 0 Å². The van der Waals surface area contributed by atoms with Crippen molar-refractivity contribution in [2.45, 2.75) is 36.9 Å². The molecule has 0 saturated heterocycles. The summed E-state index contributed by atoms with van der Waals surface area (Å²) in [6, 6.07) is -6.42. The van der Waals surface area contributed by atoms with Gasteiger partial charge in [0.1, 0.15) is 0 Å². The smallest absolute Gasteiger partial charge is 0.288 e. The summed E-state index contributed by atoms with van der Waals surface area (Å²) < 4.78 is 137. The van der Waals surface area contributed by atoms with Gasteiger partial charge in [0.25, 0.3) is 5.91 Å². The maximum Gasteiger partial charge on any atom is 0.460 e. The summed E-state index contributed by atoms with van der Waals surface area (Å²) in [4.78, 5) is 10.7. The molecule has 0 rings (SSSR count). The summed E-state index contributed by atoms with van der Waals surface area (Å²) in [5.41, 5.74) is -0.915. The maximum absolute atomic E-state index is 12.9. The number of nitrogens with one attached hydrogen (secondary N) is 1. The monoisotopic (exact) mass is 353 g/mol. The Hall–Kier alpha value is -1.56. The quantitative estimate of drug-likeness (QED) is 0.455. The maximum atomic E-state index is 12.9. The van der Waals surface area contributed by atoms with Crippen molar-refractivity contribution in [2.75, 3.05) is 0 Å². The summed E-state index contributed by atoms with van der Waals surface area (Å²) in [6.07, 6.45) is -7.24. The highest BCUT2D eigenvalue weighted by Crippen LogP contribution is 2.56. The number of amides is 1. The van der Waals surface area contributed by atoms with Gasteiger partial charge in [-0.2, -0.15) is 48.3 Å². The van der Waals surface area contributed by atoms with E-state index in [0.717, 1.165) is 0 Å².